The number of hydrogen-bond donors (Lipinski definition) is 3. The van der Waals surface area contributed by atoms with Crippen molar-refractivity contribution in [3.8, 4) is 17.6 Å². The molecule has 4 aromatic heterocycles. The Morgan fingerprint density at radius 2 is 2.00 bits per heavy atom. The van der Waals surface area contributed by atoms with Crippen LogP contribution in [0.15, 0.2) is 4.52 Å². The molecule has 2 saturated heterocycles. The Kier molecular flexibility index (Phi) is 6.50. The number of hydrogen-bond acceptors (Lipinski definition) is 12. The van der Waals surface area contributed by atoms with Gasteiger partial charge in [0.15, 0.2) is 28.7 Å². The number of aromatic nitrogens is 5. The number of piperidine rings is 1. The fourth-order valence-electron chi connectivity index (χ4n) is 9.55. The Morgan fingerprint density at radius 1 is 1.17 bits per heavy atom. The number of fused-ring (bicyclic) bond motifs is 6. The van der Waals surface area contributed by atoms with Gasteiger partial charge in [-0.3, -0.25) is 0 Å². The Morgan fingerprint density at radius 3 is 2.79 bits per heavy atom. The van der Waals surface area contributed by atoms with Crippen molar-refractivity contribution in [2.75, 3.05) is 42.6 Å². The van der Waals surface area contributed by atoms with Crippen LogP contribution in [0, 0.1) is 11.3 Å². The maximum Gasteiger partial charge on any atom is 0.186 e. The fourth-order valence-corrected chi connectivity index (χ4v) is 10.7. The number of thiophene rings is 1. The maximum absolute atomic E-state index is 11.3. The summed E-state index contributed by atoms with van der Waals surface area (Å²) in [6.07, 6.45) is 9.37. The van der Waals surface area contributed by atoms with Crippen LogP contribution in [0.1, 0.15) is 98.6 Å². The number of likely N-dealkylation sites (N-methyl/N-ethyl adjacent to an activating group) is 1. The molecule has 0 aromatic carbocycles. The van der Waals surface area contributed by atoms with Gasteiger partial charge >= 0.3 is 0 Å². The normalized spacial score (nSPS) is 29.2. The van der Waals surface area contributed by atoms with Crippen LogP contribution in [0.25, 0.3) is 22.6 Å². The molecule has 5 atom stereocenters. The van der Waals surface area contributed by atoms with Crippen molar-refractivity contribution < 1.29 is 9.63 Å². The summed E-state index contributed by atoms with van der Waals surface area (Å²) in [6.45, 7) is 6.44. The standard InChI is InChI=1S/C34H42N10O2S/c1-18(22-8-6-14-42(22)3)44-32-24-29(40-44)37-16-19-10-13-33(2,45)17-43(19)31(24)38-30(39-32)26-20-7-4-11-34(27(20)46-41-26)12-5-9-23-25(34)21(15-35)28(36)47-23/h18-19,22,45H,4-14,16-17,36H2,1-3H3,(H,37,40)/t18-,19+,22-,33+,34-/m0/s1. The molecule has 47 heavy (non-hydrogen) atoms. The summed E-state index contributed by atoms with van der Waals surface area (Å²) in [7, 11) is 2.20. The lowest BCUT2D eigenvalue weighted by molar-refractivity contribution is 0.0373. The van der Waals surface area contributed by atoms with Crippen LogP contribution in [0.5, 0.6) is 0 Å². The first-order chi connectivity index (χ1) is 22.7. The van der Waals surface area contributed by atoms with Gasteiger partial charge in [-0.15, -0.1) is 11.3 Å². The summed E-state index contributed by atoms with van der Waals surface area (Å²) >= 11 is 1.55. The molecule has 0 bridgehead atoms. The molecule has 5 aliphatic rings. The van der Waals surface area contributed by atoms with E-state index in [0.29, 0.717) is 34.7 Å². The van der Waals surface area contributed by atoms with Crippen molar-refractivity contribution in [3.05, 3.63) is 27.3 Å². The van der Waals surface area contributed by atoms with Gasteiger partial charge in [0, 0.05) is 35.6 Å². The largest absolute Gasteiger partial charge is 0.389 e. The van der Waals surface area contributed by atoms with E-state index < -0.39 is 11.0 Å². The summed E-state index contributed by atoms with van der Waals surface area (Å²) in [6, 6.07) is 3.05. The number of likely N-dealkylation sites (tertiary alicyclic amines) is 1. The highest BCUT2D eigenvalue weighted by Crippen LogP contribution is 2.55. The number of nitrogens with two attached hydrogens (primary N) is 1. The van der Waals surface area contributed by atoms with Crippen LogP contribution in [-0.4, -0.2) is 79.3 Å². The first kappa shape index (κ1) is 29.4. The zero-order valence-electron chi connectivity index (χ0n) is 27.3. The molecule has 13 heteroatoms. The third kappa shape index (κ3) is 4.23. The third-order valence-corrected chi connectivity index (χ3v) is 12.9. The minimum Gasteiger partial charge on any atom is -0.389 e. The van der Waals surface area contributed by atoms with Crippen LogP contribution < -0.4 is 16.0 Å². The van der Waals surface area contributed by atoms with Gasteiger partial charge in [-0.1, -0.05) is 5.16 Å². The van der Waals surface area contributed by atoms with Gasteiger partial charge in [0.1, 0.15) is 22.3 Å². The molecule has 0 saturated carbocycles. The smallest absolute Gasteiger partial charge is 0.186 e. The minimum atomic E-state index is -0.826. The Labute approximate surface area is 277 Å². The van der Waals surface area contributed by atoms with Gasteiger partial charge < -0.3 is 30.5 Å². The summed E-state index contributed by atoms with van der Waals surface area (Å²) in [5.74, 6) is 2.98. The number of nitriles is 1. The van der Waals surface area contributed by atoms with Crippen molar-refractivity contribution in [2.45, 2.75) is 107 Å². The maximum atomic E-state index is 11.3. The quantitative estimate of drug-likeness (QED) is 0.280. The van der Waals surface area contributed by atoms with E-state index >= 15 is 0 Å². The number of aryl methyl sites for hydroxylation is 1. The molecule has 1 spiro atoms. The van der Waals surface area contributed by atoms with E-state index in [2.05, 4.69) is 39.8 Å². The zero-order valence-corrected chi connectivity index (χ0v) is 28.2. The van der Waals surface area contributed by atoms with E-state index in [1.165, 1.54) is 11.3 Å². The lowest BCUT2D eigenvalue weighted by atomic mass is 9.63. The van der Waals surface area contributed by atoms with Gasteiger partial charge in [-0.25, -0.2) is 14.6 Å². The fraction of sp³-hybridized carbons (Fsp3) is 0.618. The van der Waals surface area contributed by atoms with Crippen molar-refractivity contribution in [3.63, 3.8) is 0 Å². The summed E-state index contributed by atoms with van der Waals surface area (Å²) in [5, 5.41) is 36.5. The van der Waals surface area contributed by atoms with Crippen molar-refractivity contribution in [1.29, 1.82) is 5.26 Å². The molecule has 0 amide bonds. The molecule has 9 rings (SSSR count). The number of nitrogens with zero attached hydrogens (tertiary/aromatic N) is 8. The molecule has 3 aliphatic heterocycles. The SMILES string of the molecule is C[C@@H]([C@@H]1CCCN1C)n1nc2c3c(nc(-c4noc5c4CCC[C@@]54CCCc5sc(N)c(C#N)c54)nc31)N1C[C@](C)(O)CC[C@@H]1CN2. The Balaban J connectivity index is 1.24. The minimum absolute atomic E-state index is 0.0967. The van der Waals surface area contributed by atoms with Crippen molar-refractivity contribution >= 4 is 39.0 Å². The van der Waals surface area contributed by atoms with Crippen molar-refractivity contribution in [1.82, 2.24) is 29.8 Å². The lowest BCUT2D eigenvalue weighted by Crippen LogP contribution is -2.53. The number of aliphatic hydroxyl groups is 1. The summed E-state index contributed by atoms with van der Waals surface area (Å²) in [5.41, 5.74) is 9.30. The monoisotopic (exact) mass is 654 g/mol. The summed E-state index contributed by atoms with van der Waals surface area (Å²) in [4.78, 5) is 16.5. The number of rotatable bonds is 3. The highest BCUT2D eigenvalue weighted by molar-refractivity contribution is 7.16. The van der Waals surface area contributed by atoms with Gasteiger partial charge in [0.05, 0.1) is 22.6 Å². The van der Waals surface area contributed by atoms with Crippen LogP contribution in [0.3, 0.4) is 0 Å². The van der Waals surface area contributed by atoms with Gasteiger partial charge in [-0.05, 0) is 97.2 Å². The first-order valence-electron chi connectivity index (χ1n) is 17.2. The zero-order chi connectivity index (χ0) is 32.2. The van der Waals surface area contributed by atoms with E-state index in [-0.39, 0.29) is 12.1 Å². The molecule has 0 radical (unpaired) electrons. The second-order valence-electron chi connectivity index (χ2n) is 14.9. The van der Waals surface area contributed by atoms with Crippen LogP contribution >= 0.6 is 11.3 Å². The van der Waals surface area contributed by atoms with Gasteiger partial charge in [0.2, 0.25) is 0 Å². The molecule has 7 heterocycles. The molecule has 0 unspecified atom stereocenters. The summed E-state index contributed by atoms with van der Waals surface area (Å²) < 4.78 is 8.47. The molecule has 4 N–H and O–H groups in total. The van der Waals surface area contributed by atoms with Crippen LogP contribution in [0.4, 0.5) is 16.6 Å². The predicted molar refractivity (Wildman–Crippen MR) is 181 cm³/mol. The van der Waals surface area contributed by atoms with E-state index in [1.54, 1.807) is 11.3 Å². The Bertz CT molecular complexity index is 1950. The van der Waals surface area contributed by atoms with E-state index in [0.717, 1.165) is 110 Å². The number of anilines is 3. The second-order valence-corrected chi connectivity index (χ2v) is 16.0. The molecule has 2 aliphatic carbocycles. The van der Waals surface area contributed by atoms with Crippen LogP contribution in [0.2, 0.25) is 0 Å². The highest BCUT2D eigenvalue weighted by atomic mass is 32.1. The lowest BCUT2D eigenvalue weighted by Gasteiger charge is -2.42. The molecular weight excluding hydrogens is 613 g/mol. The van der Waals surface area contributed by atoms with E-state index in [4.69, 9.17) is 30.5 Å². The van der Waals surface area contributed by atoms with Crippen molar-refractivity contribution in [2.24, 2.45) is 0 Å². The van der Waals surface area contributed by atoms with E-state index in [1.807, 2.05) is 6.92 Å². The molecule has 4 aromatic rings. The molecule has 12 nitrogen and oxygen atoms in total. The van der Waals surface area contributed by atoms with E-state index in [9.17, 15) is 10.4 Å². The number of nitrogen functional groups attached to an aromatic ring is 1. The molecular formula is C34H42N10O2S. The topological polar surface area (TPSA) is 158 Å². The predicted octanol–water partition coefficient (Wildman–Crippen LogP) is 4.76. The molecule has 2 fully saturated rings. The number of nitrogens with one attached hydrogen (secondary N) is 1. The van der Waals surface area contributed by atoms with Gasteiger partial charge in [-0.2, -0.15) is 10.4 Å². The first-order valence-corrected chi connectivity index (χ1v) is 18.1. The average Bonchev–Trinajstić information content (AvgIpc) is 3.82. The highest BCUT2D eigenvalue weighted by Gasteiger charge is 2.49. The third-order valence-electron chi connectivity index (χ3n) is 11.9. The average molecular weight is 655 g/mol. The Hall–Kier alpha value is -3.73. The van der Waals surface area contributed by atoms with Crippen LogP contribution in [-0.2, 0) is 18.3 Å². The van der Waals surface area contributed by atoms with Gasteiger partial charge in [0.25, 0.3) is 0 Å². The molecule has 246 valence electrons. The second kappa shape index (κ2) is 10.4.